The molecule has 43 heavy (non-hydrogen) atoms. The molecule has 0 spiro atoms. The second-order valence-electron chi connectivity index (χ2n) is 13.5. The van der Waals surface area contributed by atoms with Gasteiger partial charge in [0.05, 0.1) is 6.61 Å². The Hall–Kier alpha value is -0.160. The fraction of sp³-hybridized carbons (Fsp3) is 1.00. The van der Waals surface area contributed by atoms with Crippen LogP contribution >= 0.6 is 0 Å². The highest BCUT2D eigenvalue weighted by Crippen LogP contribution is 2.15. The molecule has 2 N–H and O–H groups in total. The molecule has 0 aromatic heterocycles. The molecule has 0 bridgehead atoms. The molecule has 0 aliphatic rings. The van der Waals surface area contributed by atoms with Gasteiger partial charge in [0.1, 0.15) is 6.10 Å². The van der Waals surface area contributed by atoms with Crippen LogP contribution in [-0.4, -0.2) is 42.4 Å². The van der Waals surface area contributed by atoms with E-state index in [2.05, 4.69) is 13.8 Å². The van der Waals surface area contributed by atoms with Gasteiger partial charge in [-0.1, -0.05) is 206 Å². The summed E-state index contributed by atoms with van der Waals surface area (Å²) in [7, 11) is 0. The van der Waals surface area contributed by atoms with E-state index in [4.69, 9.17) is 9.47 Å². The summed E-state index contributed by atoms with van der Waals surface area (Å²) in [5, 5.41) is 20.1. The third-order valence-electron chi connectivity index (χ3n) is 9.05. The van der Waals surface area contributed by atoms with E-state index in [0.717, 1.165) is 19.3 Å². The molecule has 0 amide bonds. The topological polar surface area (TPSA) is 58.9 Å². The van der Waals surface area contributed by atoms with Crippen molar-refractivity contribution in [3.8, 4) is 0 Å². The summed E-state index contributed by atoms with van der Waals surface area (Å²) in [6, 6.07) is 0. The Morgan fingerprint density at radius 2 is 0.605 bits per heavy atom. The fourth-order valence-electron chi connectivity index (χ4n) is 6.00. The molecule has 2 unspecified atom stereocenters. The summed E-state index contributed by atoms with van der Waals surface area (Å²) in [5.74, 6) is 0. The summed E-state index contributed by atoms with van der Waals surface area (Å²) in [6.45, 7) is 5.89. The molecule has 0 aromatic rings. The molecule has 4 heteroatoms. The number of unbranched alkanes of at least 4 members (excludes halogenated alkanes) is 30. The minimum Gasteiger partial charge on any atom is -0.385 e. The van der Waals surface area contributed by atoms with Crippen molar-refractivity contribution in [3.63, 3.8) is 0 Å². The molecule has 0 aliphatic carbocycles. The number of aliphatic hydroxyl groups is 2. The second-order valence-corrected chi connectivity index (χ2v) is 13.5. The van der Waals surface area contributed by atoms with Crippen LogP contribution in [0.4, 0.5) is 0 Å². The minimum atomic E-state index is -1.14. The number of hydrogen-bond donors (Lipinski definition) is 2. The predicted octanol–water partition coefficient (Wildman–Crippen LogP) is 12.2. The molecule has 2 atom stereocenters. The van der Waals surface area contributed by atoms with E-state index in [0.29, 0.717) is 13.2 Å². The van der Waals surface area contributed by atoms with E-state index < -0.39 is 12.4 Å². The van der Waals surface area contributed by atoms with Gasteiger partial charge >= 0.3 is 0 Å². The SMILES string of the molecule is CCCCCCCCCCCCCCCCCCOCC(O)C(O)OCCCCCCCCCCCCCCCCCC. The molecule has 0 saturated carbocycles. The van der Waals surface area contributed by atoms with Crippen molar-refractivity contribution in [1.82, 2.24) is 0 Å². The van der Waals surface area contributed by atoms with Crippen molar-refractivity contribution >= 4 is 0 Å². The Labute approximate surface area is 270 Å². The molecular formula is C39H80O4. The normalized spacial score (nSPS) is 13.1. The highest BCUT2D eigenvalue weighted by molar-refractivity contribution is 4.58. The van der Waals surface area contributed by atoms with Gasteiger partial charge in [0.2, 0.25) is 0 Å². The van der Waals surface area contributed by atoms with E-state index in [1.807, 2.05) is 0 Å². The lowest BCUT2D eigenvalue weighted by Gasteiger charge is -2.18. The summed E-state index contributed by atoms with van der Waals surface area (Å²) < 4.78 is 11.0. The van der Waals surface area contributed by atoms with Gasteiger partial charge in [-0.3, -0.25) is 0 Å². The fourth-order valence-corrected chi connectivity index (χ4v) is 6.00. The van der Waals surface area contributed by atoms with Gasteiger partial charge < -0.3 is 19.7 Å². The van der Waals surface area contributed by atoms with E-state index in [9.17, 15) is 10.2 Å². The maximum absolute atomic E-state index is 10.1. The van der Waals surface area contributed by atoms with Gasteiger partial charge in [-0.15, -0.1) is 0 Å². The molecule has 0 aromatic carbocycles. The van der Waals surface area contributed by atoms with Crippen molar-refractivity contribution in [3.05, 3.63) is 0 Å². The van der Waals surface area contributed by atoms with Crippen molar-refractivity contribution < 1.29 is 19.7 Å². The number of rotatable bonds is 38. The Bertz CT molecular complexity index is 486. The number of hydrogen-bond acceptors (Lipinski definition) is 4. The minimum absolute atomic E-state index is 0.152. The zero-order valence-corrected chi connectivity index (χ0v) is 29.6. The Morgan fingerprint density at radius 3 is 0.907 bits per heavy atom. The van der Waals surface area contributed by atoms with Crippen LogP contribution < -0.4 is 0 Å². The van der Waals surface area contributed by atoms with Gasteiger partial charge in [-0.25, -0.2) is 0 Å². The molecule has 0 rings (SSSR count). The first-order valence-corrected chi connectivity index (χ1v) is 19.8. The van der Waals surface area contributed by atoms with Crippen molar-refractivity contribution in [2.24, 2.45) is 0 Å². The van der Waals surface area contributed by atoms with Crippen molar-refractivity contribution in [2.75, 3.05) is 19.8 Å². The van der Waals surface area contributed by atoms with Crippen LogP contribution in [0.5, 0.6) is 0 Å². The van der Waals surface area contributed by atoms with Gasteiger partial charge in [-0.05, 0) is 12.8 Å². The van der Waals surface area contributed by atoms with Gasteiger partial charge in [-0.2, -0.15) is 0 Å². The summed E-state index contributed by atoms with van der Waals surface area (Å²) in [6.07, 6.45) is 41.1. The quantitative estimate of drug-likeness (QED) is 0.0538. The summed E-state index contributed by atoms with van der Waals surface area (Å²) >= 11 is 0. The van der Waals surface area contributed by atoms with Crippen LogP contribution in [0.3, 0.4) is 0 Å². The Kier molecular flexibility index (Phi) is 37.9. The van der Waals surface area contributed by atoms with Gasteiger partial charge in [0.25, 0.3) is 0 Å². The average Bonchev–Trinajstić information content (AvgIpc) is 3.01. The second kappa shape index (κ2) is 38.0. The van der Waals surface area contributed by atoms with Crippen molar-refractivity contribution in [1.29, 1.82) is 0 Å². The van der Waals surface area contributed by atoms with Crippen molar-refractivity contribution in [2.45, 2.75) is 232 Å². The maximum Gasteiger partial charge on any atom is 0.183 e. The molecule has 4 nitrogen and oxygen atoms in total. The van der Waals surface area contributed by atoms with E-state index in [1.165, 1.54) is 186 Å². The molecule has 0 heterocycles. The van der Waals surface area contributed by atoms with Gasteiger partial charge in [0, 0.05) is 13.2 Å². The summed E-state index contributed by atoms with van der Waals surface area (Å²) in [5.41, 5.74) is 0. The van der Waals surface area contributed by atoms with E-state index in [-0.39, 0.29) is 6.61 Å². The van der Waals surface area contributed by atoms with E-state index >= 15 is 0 Å². The zero-order valence-electron chi connectivity index (χ0n) is 29.6. The maximum atomic E-state index is 10.1. The van der Waals surface area contributed by atoms with Crippen LogP contribution in [0, 0.1) is 0 Å². The van der Waals surface area contributed by atoms with Crippen LogP contribution in [0.25, 0.3) is 0 Å². The first kappa shape index (κ1) is 42.8. The van der Waals surface area contributed by atoms with Crippen LogP contribution in [0.2, 0.25) is 0 Å². The smallest absolute Gasteiger partial charge is 0.183 e. The molecule has 0 fully saturated rings. The Balaban J connectivity index is 3.25. The molecule has 260 valence electrons. The largest absolute Gasteiger partial charge is 0.385 e. The highest BCUT2D eigenvalue weighted by Gasteiger charge is 2.16. The van der Waals surface area contributed by atoms with E-state index in [1.54, 1.807) is 0 Å². The van der Waals surface area contributed by atoms with Crippen LogP contribution in [0.15, 0.2) is 0 Å². The average molecular weight is 613 g/mol. The Morgan fingerprint density at radius 1 is 0.349 bits per heavy atom. The molecular weight excluding hydrogens is 532 g/mol. The van der Waals surface area contributed by atoms with Crippen LogP contribution in [-0.2, 0) is 9.47 Å². The van der Waals surface area contributed by atoms with Crippen LogP contribution in [0.1, 0.15) is 219 Å². The molecule has 0 aliphatic heterocycles. The predicted molar refractivity (Wildman–Crippen MR) is 188 cm³/mol. The zero-order chi connectivity index (χ0) is 31.3. The standard InChI is InChI=1S/C39H80O4/c1-3-5-7-9-11-13-15-17-19-21-23-25-27-29-31-33-35-42-37-38(40)39(41)43-36-34-32-30-28-26-24-22-20-18-16-14-12-10-8-6-4-2/h38-41H,3-37H2,1-2H3. The number of ether oxygens (including phenoxy) is 2. The third-order valence-corrected chi connectivity index (χ3v) is 9.05. The first-order chi connectivity index (χ1) is 21.2. The molecule has 0 saturated heterocycles. The van der Waals surface area contributed by atoms with Gasteiger partial charge in [0.15, 0.2) is 6.29 Å². The monoisotopic (exact) mass is 613 g/mol. The lowest BCUT2D eigenvalue weighted by molar-refractivity contribution is -0.176. The molecule has 0 radical (unpaired) electrons. The lowest BCUT2D eigenvalue weighted by Crippen LogP contribution is -2.33. The number of aliphatic hydroxyl groups excluding tert-OH is 2. The first-order valence-electron chi connectivity index (χ1n) is 19.8. The summed E-state index contributed by atoms with van der Waals surface area (Å²) in [4.78, 5) is 0. The highest BCUT2D eigenvalue weighted by atomic mass is 16.6. The lowest BCUT2D eigenvalue weighted by atomic mass is 10.0. The third kappa shape index (κ3) is 36.2.